The summed E-state index contributed by atoms with van der Waals surface area (Å²) in [7, 11) is -3.58. The first-order valence-electron chi connectivity index (χ1n) is 7.79. The Labute approximate surface area is 132 Å². The highest BCUT2D eigenvalue weighted by atomic mass is 32.2. The zero-order valence-electron chi connectivity index (χ0n) is 13.7. The largest absolute Gasteiger partial charge is 0.285 e. The van der Waals surface area contributed by atoms with Crippen LogP contribution in [0.1, 0.15) is 75.5 Å². The third kappa shape index (κ3) is 4.09. The molecule has 1 aromatic rings. The van der Waals surface area contributed by atoms with Crippen molar-refractivity contribution >= 4 is 15.9 Å². The normalized spacial score (nSPS) is 15.8. The molecule has 0 saturated heterocycles. The van der Waals surface area contributed by atoms with Gasteiger partial charge in [-0.25, -0.2) is 13.1 Å². The summed E-state index contributed by atoms with van der Waals surface area (Å²) in [5, 5.41) is 4.35. The molecule has 0 unspecified atom stereocenters. The van der Waals surface area contributed by atoms with Gasteiger partial charge in [0.2, 0.25) is 10.0 Å². The molecular weight excluding hydrogens is 302 g/mol. The first-order valence-corrected chi connectivity index (χ1v) is 9.44. The Morgan fingerprint density at radius 2 is 2.05 bits per heavy atom. The van der Waals surface area contributed by atoms with E-state index in [1.165, 1.54) is 0 Å². The number of carbonyl (C=O) groups is 1. The predicted molar refractivity (Wildman–Crippen MR) is 85.4 cm³/mol. The van der Waals surface area contributed by atoms with Gasteiger partial charge in [-0.2, -0.15) is 5.10 Å². The number of nitrogens with one attached hydrogen (secondary N) is 1. The summed E-state index contributed by atoms with van der Waals surface area (Å²) in [5.74, 6) is -0.240. The highest BCUT2D eigenvalue weighted by Gasteiger charge is 2.33. The Balaban J connectivity index is 2.20. The molecule has 1 amide bonds. The van der Waals surface area contributed by atoms with Gasteiger partial charge in [-0.3, -0.25) is 9.48 Å². The molecule has 0 aromatic carbocycles. The van der Waals surface area contributed by atoms with Crippen molar-refractivity contribution in [3.63, 3.8) is 0 Å². The molecule has 22 heavy (non-hydrogen) atoms. The number of unbranched alkanes of at least 4 members (excludes halogenated alkanes) is 1. The molecule has 6 nitrogen and oxygen atoms in total. The van der Waals surface area contributed by atoms with Crippen molar-refractivity contribution in [3.8, 4) is 0 Å². The average molecular weight is 327 g/mol. The average Bonchev–Trinajstić information content (AvgIpc) is 3.12. The van der Waals surface area contributed by atoms with Crippen LogP contribution in [0.4, 0.5) is 0 Å². The summed E-state index contributed by atoms with van der Waals surface area (Å²) in [6.07, 6.45) is 3.49. The van der Waals surface area contributed by atoms with Gasteiger partial charge < -0.3 is 0 Å². The van der Waals surface area contributed by atoms with Gasteiger partial charge in [0.05, 0.1) is 11.3 Å². The number of hydrogen-bond acceptors (Lipinski definition) is 4. The van der Waals surface area contributed by atoms with E-state index in [2.05, 4.69) is 9.82 Å². The fraction of sp³-hybridized carbons (Fsp3) is 0.733. The Kier molecular flexibility index (Phi) is 4.65. The van der Waals surface area contributed by atoms with Crippen LogP contribution in [0.25, 0.3) is 0 Å². The first kappa shape index (κ1) is 17.0. The van der Waals surface area contributed by atoms with E-state index in [-0.39, 0.29) is 17.0 Å². The number of nitrogens with zero attached hydrogens (tertiary/aromatic N) is 2. The molecule has 1 saturated carbocycles. The van der Waals surface area contributed by atoms with Gasteiger partial charge in [0, 0.05) is 11.6 Å². The molecule has 124 valence electrons. The summed E-state index contributed by atoms with van der Waals surface area (Å²) in [5.41, 5.74) is 0.956. The lowest BCUT2D eigenvalue weighted by molar-refractivity contribution is 0.0975. The molecule has 1 aromatic heterocycles. The molecule has 1 N–H and O–H groups in total. The number of sulfonamides is 1. The topological polar surface area (TPSA) is 81.1 Å². The van der Waals surface area contributed by atoms with Crippen LogP contribution in [0.5, 0.6) is 0 Å². The van der Waals surface area contributed by atoms with E-state index < -0.39 is 15.9 Å². The zero-order valence-corrected chi connectivity index (χ0v) is 14.5. The maximum atomic E-state index is 12.2. The third-order valence-electron chi connectivity index (χ3n) is 3.62. The smallest absolute Gasteiger partial charge is 0.266 e. The molecule has 1 heterocycles. The van der Waals surface area contributed by atoms with E-state index in [4.69, 9.17) is 0 Å². The Hall–Kier alpha value is -1.37. The molecule has 0 radical (unpaired) electrons. The van der Waals surface area contributed by atoms with Crippen molar-refractivity contribution in [2.45, 2.75) is 64.8 Å². The molecule has 0 spiro atoms. The van der Waals surface area contributed by atoms with Crippen molar-refractivity contribution < 1.29 is 13.2 Å². The fourth-order valence-electron chi connectivity index (χ4n) is 2.29. The maximum Gasteiger partial charge on any atom is 0.285 e. The van der Waals surface area contributed by atoms with Gasteiger partial charge in [-0.1, -0.05) is 13.3 Å². The van der Waals surface area contributed by atoms with Gasteiger partial charge in [0.15, 0.2) is 5.69 Å². The number of carbonyl (C=O) groups excluding carboxylic acids is 1. The SMILES string of the molecule is CCCCS(=O)(=O)NC(=O)c1cc(C2CC2)n(C(C)(C)C)n1. The summed E-state index contributed by atoms with van der Waals surface area (Å²) >= 11 is 0. The monoisotopic (exact) mass is 327 g/mol. The highest BCUT2D eigenvalue weighted by molar-refractivity contribution is 7.90. The molecule has 0 aliphatic heterocycles. The molecule has 1 fully saturated rings. The van der Waals surface area contributed by atoms with E-state index in [0.717, 1.165) is 25.0 Å². The van der Waals surface area contributed by atoms with Crippen molar-refractivity contribution in [2.24, 2.45) is 0 Å². The van der Waals surface area contributed by atoms with Gasteiger partial charge in [0.1, 0.15) is 0 Å². The number of aromatic nitrogens is 2. The summed E-state index contributed by atoms with van der Waals surface area (Å²) in [6.45, 7) is 7.97. The van der Waals surface area contributed by atoms with Crippen LogP contribution in [0.2, 0.25) is 0 Å². The molecule has 7 heteroatoms. The lowest BCUT2D eigenvalue weighted by atomic mass is 10.1. The standard InChI is InChI=1S/C15H25N3O3S/c1-5-6-9-22(20,21)17-14(19)12-10-13(11-7-8-11)18(16-12)15(2,3)4/h10-11H,5-9H2,1-4H3,(H,17,19). The van der Waals surface area contributed by atoms with Gasteiger partial charge >= 0.3 is 0 Å². The minimum atomic E-state index is -3.58. The van der Waals surface area contributed by atoms with E-state index in [0.29, 0.717) is 12.3 Å². The van der Waals surface area contributed by atoms with Crippen LogP contribution in [-0.4, -0.2) is 29.9 Å². The predicted octanol–water partition coefficient (Wildman–Crippen LogP) is 2.38. The maximum absolute atomic E-state index is 12.2. The van der Waals surface area contributed by atoms with E-state index in [1.54, 1.807) is 6.07 Å². The van der Waals surface area contributed by atoms with Gasteiger partial charge in [-0.15, -0.1) is 0 Å². The Morgan fingerprint density at radius 3 is 2.55 bits per heavy atom. The second-order valence-electron chi connectivity index (χ2n) is 6.91. The summed E-state index contributed by atoms with van der Waals surface area (Å²) < 4.78 is 27.6. The van der Waals surface area contributed by atoms with Crippen molar-refractivity contribution in [1.29, 1.82) is 0 Å². The molecule has 0 atom stereocenters. The van der Waals surface area contributed by atoms with Crippen LogP contribution in [0.15, 0.2) is 6.07 Å². The second kappa shape index (κ2) is 6.02. The highest BCUT2D eigenvalue weighted by Crippen LogP contribution is 2.41. The number of rotatable bonds is 6. The minimum Gasteiger partial charge on any atom is -0.266 e. The Bertz CT molecular complexity index is 652. The van der Waals surface area contributed by atoms with Crippen LogP contribution in [0, 0.1) is 0 Å². The lowest BCUT2D eigenvalue weighted by Gasteiger charge is -2.22. The first-order chi connectivity index (χ1) is 10.1. The van der Waals surface area contributed by atoms with E-state index in [9.17, 15) is 13.2 Å². The zero-order chi connectivity index (χ0) is 16.5. The van der Waals surface area contributed by atoms with Crippen LogP contribution >= 0.6 is 0 Å². The minimum absolute atomic E-state index is 0.0370. The molecule has 0 bridgehead atoms. The third-order valence-corrected chi connectivity index (χ3v) is 4.94. The number of hydrogen-bond donors (Lipinski definition) is 1. The van der Waals surface area contributed by atoms with Crippen molar-refractivity contribution in [2.75, 3.05) is 5.75 Å². The van der Waals surface area contributed by atoms with Gasteiger partial charge in [0.25, 0.3) is 5.91 Å². The number of amides is 1. The molecular formula is C15H25N3O3S. The van der Waals surface area contributed by atoms with Gasteiger partial charge in [-0.05, 0) is 46.1 Å². The van der Waals surface area contributed by atoms with Crippen molar-refractivity contribution in [1.82, 2.24) is 14.5 Å². The van der Waals surface area contributed by atoms with E-state index in [1.807, 2.05) is 32.4 Å². The Morgan fingerprint density at radius 1 is 1.41 bits per heavy atom. The second-order valence-corrected chi connectivity index (χ2v) is 8.76. The van der Waals surface area contributed by atoms with E-state index >= 15 is 0 Å². The fourth-order valence-corrected chi connectivity index (χ4v) is 3.45. The van der Waals surface area contributed by atoms with Crippen LogP contribution < -0.4 is 4.72 Å². The molecule has 2 rings (SSSR count). The molecule has 1 aliphatic carbocycles. The quantitative estimate of drug-likeness (QED) is 0.870. The molecule has 1 aliphatic rings. The lowest BCUT2D eigenvalue weighted by Crippen LogP contribution is -2.33. The van der Waals surface area contributed by atoms with Crippen LogP contribution in [0.3, 0.4) is 0 Å². The summed E-state index contributed by atoms with van der Waals surface area (Å²) in [4.78, 5) is 12.2. The van der Waals surface area contributed by atoms with Crippen molar-refractivity contribution in [3.05, 3.63) is 17.5 Å². The summed E-state index contributed by atoms with van der Waals surface area (Å²) in [6, 6.07) is 1.73. The van der Waals surface area contributed by atoms with Crippen LogP contribution in [-0.2, 0) is 15.6 Å².